The highest BCUT2D eigenvalue weighted by molar-refractivity contribution is 7.59. The molecule has 0 saturated heterocycles. The minimum atomic E-state index is -2.68. The molecule has 0 aromatic rings. The molecule has 0 N–H and O–H groups in total. The lowest BCUT2D eigenvalue weighted by molar-refractivity contribution is 0.228. The van der Waals surface area contributed by atoms with Gasteiger partial charge in [-0.2, -0.15) is 0 Å². The lowest BCUT2D eigenvalue weighted by Crippen LogP contribution is -2.23. The summed E-state index contributed by atoms with van der Waals surface area (Å²) in [5.74, 6) is 0. The Kier molecular flexibility index (Phi) is 7.35. The van der Waals surface area contributed by atoms with Crippen molar-refractivity contribution in [3.63, 3.8) is 0 Å². The first-order valence-corrected chi connectivity index (χ1v) is 10.6. The number of nitrogens with zero attached hydrogens (tertiary/aromatic N) is 1. The maximum absolute atomic E-state index is 12.1. The van der Waals surface area contributed by atoms with Gasteiger partial charge in [0.25, 0.3) is 0 Å². The quantitative estimate of drug-likeness (QED) is 0.642. The molecule has 110 valence electrons. The first-order chi connectivity index (χ1) is 7.93. The fourth-order valence-corrected chi connectivity index (χ4v) is 5.91. The van der Waals surface area contributed by atoms with Crippen molar-refractivity contribution in [3.8, 4) is 0 Å². The third kappa shape index (κ3) is 9.29. The standard InChI is InChI=1S/C11H27NO4P2/c1-10(2)15-17(6,13)8-12(5)9-18(7,14)16-11(3)4/h10-11H,8-9H2,1-7H3. The summed E-state index contributed by atoms with van der Waals surface area (Å²) in [5, 5.41) is 0. The van der Waals surface area contributed by atoms with E-state index in [0.717, 1.165) is 0 Å². The Bertz CT molecular complexity index is 312. The van der Waals surface area contributed by atoms with Crippen LogP contribution in [-0.2, 0) is 18.2 Å². The Hall–Kier alpha value is 0.340. The molecule has 18 heavy (non-hydrogen) atoms. The van der Waals surface area contributed by atoms with E-state index in [2.05, 4.69) is 0 Å². The molecule has 0 heterocycles. The second-order valence-electron chi connectivity index (χ2n) is 5.48. The summed E-state index contributed by atoms with van der Waals surface area (Å²) in [6.45, 7) is 10.6. The maximum atomic E-state index is 12.1. The molecule has 0 saturated carbocycles. The molecule has 0 aliphatic carbocycles. The number of rotatable bonds is 8. The van der Waals surface area contributed by atoms with Crippen LogP contribution in [-0.4, -0.2) is 50.1 Å². The summed E-state index contributed by atoms with van der Waals surface area (Å²) in [7, 11) is -3.57. The van der Waals surface area contributed by atoms with E-state index in [1.165, 1.54) is 0 Å². The van der Waals surface area contributed by atoms with Gasteiger partial charge < -0.3 is 9.05 Å². The van der Waals surface area contributed by atoms with E-state index >= 15 is 0 Å². The van der Waals surface area contributed by atoms with Crippen LogP contribution in [0.5, 0.6) is 0 Å². The molecular formula is C11H27NO4P2. The fraction of sp³-hybridized carbons (Fsp3) is 1.00. The molecule has 7 heteroatoms. The first-order valence-electron chi connectivity index (χ1n) is 6.12. The lowest BCUT2D eigenvalue weighted by atomic mass is 10.5. The van der Waals surface area contributed by atoms with E-state index in [1.54, 1.807) is 25.3 Å². The Morgan fingerprint density at radius 3 is 1.39 bits per heavy atom. The van der Waals surface area contributed by atoms with Gasteiger partial charge in [0.2, 0.25) is 14.7 Å². The van der Waals surface area contributed by atoms with E-state index in [4.69, 9.17) is 9.05 Å². The molecule has 0 aromatic heterocycles. The van der Waals surface area contributed by atoms with Crippen LogP contribution in [0.1, 0.15) is 27.7 Å². The average Bonchev–Trinajstić information content (AvgIpc) is 1.92. The summed E-state index contributed by atoms with van der Waals surface area (Å²) in [4.78, 5) is 1.76. The smallest absolute Gasteiger partial charge is 0.213 e. The van der Waals surface area contributed by atoms with Gasteiger partial charge in [-0.3, -0.25) is 14.0 Å². The number of hydrogen-bond donors (Lipinski definition) is 0. The van der Waals surface area contributed by atoms with Gasteiger partial charge in [-0.15, -0.1) is 0 Å². The molecule has 0 aromatic carbocycles. The predicted octanol–water partition coefficient (Wildman–Crippen LogP) is 3.50. The van der Waals surface area contributed by atoms with Crippen molar-refractivity contribution in [2.24, 2.45) is 0 Å². The van der Waals surface area contributed by atoms with Crippen LogP contribution in [0.4, 0.5) is 0 Å². The number of hydrogen-bond acceptors (Lipinski definition) is 5. The molecule has 0 amide bonds. The molecule has 0 spiro atoms. The van der Waals surface area contributed by atoms with Crippen LogP contribution in [0.3, 0.4) is 0 Å². The van der Waals surface area contributed by atoms with Crippen molar-refractivity contribution in [3.05, 3.63) is 0 Å². The summed E-state index contributed by atoms with van der Waals surface area (Å²) < 4.78 is 35.1. The van der Waals surface area contributed by atoms with Gasteiger partial charge in [0.05, 0.1) is 24.8 Å². The molecular weight excluding hydrogens is 272 g/mol. The zero-order valence-electron chi connectivity index (χ0n) is 12.5. The van der Waals surface area contributed by atoms with Gasteiger partial charge in [0, 0.05) is 13.3 Å². The van der Waals surface area contributed by atoms with Crippen LogP contribution >= 0.6 is 14.7 Å². The summed E-state index contributed by atoms with van der Waals surface area (Å²) >= 11 is 0. The van der Waals surface area contributed by atoms with Crippen LogP contribution in [0.2, 0.25) is 0 Å². The minimum Gasteiger partial charge on any atom is -0.325 e. The van der Waals surface area contributed by atoms with Gasteiger partial charge >= 0.3 is 0 Å². The van der Waals surface area contributed by atoms with Gasteiger partial charge in [0.15, 0.2) is 0 Å². The Labute approximate surface area is 111 Å². The molecule has 0 bridgehead atoms. The molecule has 0 rings (SSSR count). The molecule has 0 aliphatic rings. The Balaban J connectivity index is 4.38. The SMILES string of the molecule is CC(C)OP(C)(=O)CN(C)CP(C)(=O)OC(C)C. The van der Waals surface area contributed by atoms with Gasteiger partial charge in [-0.25, -0.2) is 0 Å². The Morgan fingerprint density at radius 1 is 0.889 bits per heavy atom. The molecule has 0 fully saturated rings. The Morgan fingerprint density at radius 2 is 1.17 bits per heavy atom. The van der Waals surface area contributed by atoms with E-state index in [9.17, 15) is 9.13 Å². The van der Waals surface area contributed by atoms with E-state index in [1.807, 2.05) is 27.7 Å². The largest absolute Gasteiger partial charge is 0.325 e. The summed E-state index contributed by atoms with van der Waals surface area (Å²) in [5.41, 5.74) is 0. The molecule has 5 nitrogen and oxygen atoms in total. The van der Waals surface area contributed by atoms with Gasteiger partial charge in [-0.05, 0) is 34.7 Å². The first kappa shape index (κ1) is 18.3. The highest BCUT2D eigenvalue weighted by atomic mass is 31.2. The second kappa shape index (κ2) is 7.21. The fourth-order valence-electron chi connectivity index (χ4n) is 1.88. The van der Waals surface area contributed by atoms with E-state index in [0.29, 0.717) is 0 Å². The molecule has 2 atom stereocenters. The highest BCUT2D eigenvalue weighted by Crippen LogP contribution is 2.48. The van der Waals surface area contributed by atoms with Crippen molar-refractivity contribution >= 4 is 14.7 Å². The molecule has 0 aliphatic heterocycles. The van der Waals surface area contributed by atoms with Crippen LogP contribution in [0, 0.1) is 0 Å². The van der Waals surface area contributed by atoms with E-state index in [-0.39, 0.29) is 24.8 Å². The van der Waals surface area contributed by atoms with Crippen molar-refractivity contribution in [1.82, 2.24) is 4.90 Å². The van der Waals surface area contributed by atoms with Crippen LogP contribution < -0.4 is 0 Å². The zero-order valence-corrected chi connectivity index (χ0v) is 14.3. The van der Waals surface area contributed by atoms with Crippen molar-refractivity contribution in [1.29, 1.82) is 0 Å². The van der Waals surface area contributed by atoms with Crippen LogP contribution in [0.25, 0.3) is 0 Å². The summed E-state index contributed by atoms with van der Waals surface area (Å²) in [6, 6.07) is 0. The second-order valence-corrected chi connectivity index (χ2v) is 10.5. The third-order valence-electron chi connectivity index (χ3n) is 1.86. The lowest BCUT2D eigenvalue weighted by Gasteiger charge is -2.26. The van der Waals surface area contributed by atoms with Crippen molar-refractivity contribution in [2.45, 2.75) is 39.9 Å². The zero-order chi connectivity index (χ0) is 14.6. The topological polar surface area (TPSA) is 55.8 Å². The van der Waals surface area contributed by atoms with E-state index < -0.39 is 14.7 Å². The maximum Gasteiger partial charge on any atom is 0.213 e. The minimum absolute atomic E-state index is 0.0745. The molecule has 0 radical (unpaired) electrons. The van der Waals surface area contributed by atoms with Crippen molar-refractivity contribution in [2.75, 3.05) is 32.9 Å². The van der Waals surface area contributed by atoms with Crippen molar-refractivity contribution < 1.29 is 18.2 Å². The van der Waals surface area contributed by atoms with Gasteiger partial charge in [0.1, 0.15) is 0 Å². The summed E-state index contributed by atoms with van der Waals surface area (Å²) in [6.07, 6.45) is 0.415. The van der Waals surface area contributed by atoms with Crippen LogP contribution in [0.15, 0.2) is 0 Å². The molecule has 2 unspecified atom stereocenters. The average molecular weight is 299 g/mol. The normalized spacial score (nSPS) is 19.2. The third-order valence-corrected chi connectivity index (χ3v) is 5.59. The predicted molar refractivity (Wildman–Crippen MR) is 77.0 cm³/mol. The van der Waals surface area contributed by atoms with Gasteiger partial charge in [-0.1, -0.05) is 0 Å². The highest BCUT2D eigenvalue weighted by Gasteiger charge is 2.25. The monoisotopic (exact) mass is 299 g/mol.